The fourth-order valence-electron chi connectivity index (χ4n) is 2.11. The number of rotatable bonds is 7. The van der Waals surface area contributed by atoms with E-state index in [0.29, 0.717) is 11.7 Å². The van der Waals surface area contributed by atoms with Crippen molar-refractivity contribution in [3.8, 4) is 11.5 Å². The van der Waals surface area contributed by atoms with Crippen LogP contribution in [0, 0.1) is 6.92 Å². The lowest BCUT2D eigenvalue weighted by molar-refractivity contribution is -0.120. The van der Waals surface area contributed by atoms with E-state index in [0.717, 1.165) is 37.1 Å². The second kappa shape index (κ2) is 7.62. The van der Waals surface area contributed by atoms with E-state index in [1.807, 2.05) is 37.3 Å². The Morgan fingerprint density at radius 3 is 2.71 bits per heavy atom. The quantitative estimate of drug-likeness (QED) is 0.793. The minimum atomic E-state index is -0.00929. The van der Waals surface area contributed by atoms with Crippen molar-refractivity contribution in [1.29, 1.82) is 0 Å². The van der Waals surface area contributed by atoms with Gasteiger partial charge in [-0.05, 0) is 25.5 Å². The number of amides is 1. The molecule has 2 aromatic rings. The fourth-order valence-corrected chi connectivity index (χ4v) is 2.11. The van der Waals surface area contributed by atoms with Crippen LogP contribution in [0.5, 0.6) is 0 Å². The summed E-state index contributed by atoms with van der Waals surface area (Å²) in [6.45, 7) is 4.74. The van der Waals surface area contributed by atoms with Crippen molar-refractivity contribution >= 4 is 5.91 Å². The SMILES string of the molecule is CCCCCNC(=O)Cc1oc(-c2ccccc2)nc1C. The Balaban J connectivity index is 1.95. The number of nitrogens with one attached hydrogen (secondary N) is 1. The van der Waals surface area contributed by atoms with Crippen LogP contribution in [0.3, 0.4) is 0 Å². The largest absolute Gasteiger partial charge is 0.440 e. The number of carbonyl (C=O) groups excluding carboxylic acids is 1. The molecule has 4 nitrogen and oxygen atoms in total. The molecule has 4 heteroatoms. The number of hydrogen-bond donors (Lipinski definition) is 1. The highest BCUT2D eigenvalue weighted by Crippen LogP contribution is 2.21. The molecule has 1 aromatic carbocycles. The van der Waals surface area contributed by atoms with Gasteiger partial charge in [-0.2, -0.15) is 0 Å². The van der Waals surface area contributed by atoms with Crippen LogP contribution in [-0.4, -0.2) is 17.4 Å². The maximum Gasteiger partial charge on any atom is 0.227 e. The van der Waals surface area contributed by atoms with Crippen LogP contribution in [-0.2, 0) is 11.2 Å². The third-order valence-electron chi connectivity index (χ3n) is 3.34. The number of nitrogens with zero attached hydrogens (tertiary/aromatic N) is 1. The maximum atomic E-state index is 11.9. The van der Waals surface area contributed by atoms with Gasteiger partial charge < -0.3 is 9.73 Å². The molecular weight excluding hydrogens is 264 g/mol. The maximum absolute atomic E-state index is 11.9. The molecule has 0 fully saturated rings. The van der Waals surface area contributed by atoms with Gasteiger partial charge in [0.05, 0.1) is 12.1 Å². The van der Waals surface area contributed by atoms with Crippen molar-refractivity contribution in [3.63, 3.8) is 0 Å². The molecule has 0 atom stereocenters. The molecule has 112 valence electrons. The van der Waals surface area contributed by atoms with Gasteiger partial charge >= 0.3 is 0 Å². The minimum Gasteiger partial charge on any atom is -0.440 e. The second-order valence-electron chi connectivity index (χ2n) is 5.13. The molecule has 0 radical (unpaired) electrons. The monoisotopic (exact) mass is 286 g/mol. The van der Waals surface area contributed by atoms with Crippen LogP contribution in [0.2, 0.25) is 0 Å². The average Bonchev–Trinajstić information content (AvgIpc) is 2.86. The van der Waals surface area contributed by atoms with Gasteiger partial charge in [0.2, 0.25) is 11.8 Å². The first kappa shape index (κ1) is 15.3. The van der Waals surface area contributed by atoms with Crippen molar-refractivity contribution in [2.24, 2.45) is 0 Å². The molecule has 0 aliphatic heterocycles. The van der Waals surface area contributed by atoms with Crippen molar-refractivity contribution in [2.75, 3.05) is 6.54 Å². The van der Waals surface area contributed by atoms with Crippen LogP contribution >= 0.6 is 0 Å². The molecule has 1 heterocycles. The zero-order valence-electron chi connectivity index (χ0n) is 12.7. The third-order valence-corrected chi connectivity index (χ3v) is 3.34. The van der Waals surface area contributed by atoms with E-state index < -0.39 is 0 Å². The molecule has 2 rings (SSSR count). The van der Waals surface area contributed by atoms with E-state index in [-0.39, 0.29) is 12.3 Å². The number of aromatic nitrogens is 1. The normalized spacial score (nSPS) is 10.6. The molecule has 0 aliphatic carbocycles. The summed E-state index contributed by atoms with van der Waals surface area (Å²) in [5.74, 6) is 1.20. The van der Waals surface area contributed by atoms with Crippen LogP contribution in [0.25, 0.3) is 11.5 Å². The Morgan fingerprint density at radius 1 is 1.24 bits per heavy atom. The van der Waals surface area contributed by atoms with Crippen LogP contribution in [0.4, 0.5) is 0 Å². The minimum absolute atomic E-state index is 0.00929. The number of unbranched alkanes of at least 4 members (excludes halogenated alkanes) is 2. The number of hydrogen-bond acceptors (Lipinski definition) is 3. The first-order chi connectivity index (χ1) is 10.2. The van der Waals surface area contributed by atoms with Crippen LogP contribution < -0.4 is 5.32 Å². The highest BCUT2D eigenvalue weighted by Gasteiger charge is 2.14. The molecule has 0 saturated carbocycles. The summed E-state index contributed by atoms with van der Waals surface area (Å²) in [5.41, 5.74) is 1.70. The van der Waals surface area contributed by atoms with Crippen molar-refractivity contribution in [2.45, 2.75) is 39.5 Å². The average molecular weight is 286 g/mol. The van der Waals surface area contributed by atoms with Gasteiger partial charge in [-0.3, -0.25) is 4.79 Å². The third kappa shape index (κ3) is 4.45. The van der Waals surface area contributed by atoms with Crippen molar-refractivity contribution in [3.05, 3.63) is 41.8 Å². The Kier molecular flexibility index (Phi) is 5.55. The predicted octanol–water partition coefficient (Wildman–Crippen LogP) is 3.50. The van der Waals surface area contributed by atoms with Crippen molar-refractivity contribution in [1.82, 2.24) is 10.3 Å². The lowest BCUT2D eigenvalue weighted by Gasteiger charge is -2.03. The molecule has 0 bridgehead atoms. The van der Waals surface area contributed by atoms with Gasteiger partial charge in [0.15, 0.2) is 0 Å². The van der Waals surface area contributed by atoms with E-state index >= 15 is 0 Å². The molecule has 1 amide bonds. The highest BCUT2D eigenvalue weighted by atomic mass is 16.4. The summed E-state index contributed by atoms with van der Waals surface area (Å²) in [6, 6.07) is 9.72. The summed E-state index contributed by atoms with van der Waals surface area (Å²) in [5, 5.41) is 2.92. The molecular formula is C17H22N2O2. The molecule has 0 aliphatic rings. The van der Waals surface area contributed by atoms with E-state index in [2.05, 4.69) is 17.2 Å². The van der Waals surface area contributed by atoms with Gasteiger partial charge in [-0.15, -0.1) is 0 Å². The molecule has 1 N–H and O–H groups in total. The molecule has 0 unspecified atom stereocenters. The number of carbonyl (C=O) groups is 1. The number of benzene rings is 1. The van der Waals surface area contributed by atoms with Crippen LogP contribution in [0.1, 0.15) is 37.6 Å². The van der Waals surface area contributed by atoms with Gasteiger partial charge in [0.25, 0.3) is 0 Å². The van der Waals surface area contributed by atoms with Crippen molar-refractivity contribution < 1.29 is 9.21 Å². The van der Waals surface area contributed by atoms with E-state index in [4.69, 9.17) is 4.42 Å². The van der Waals surface area contributed by atoms with Gasteiger partial charge in [0.1, 0.15) is 5.76 Å². The van der Waals surface area contributed by atoms with Gasteiger partial charge in [-0.25, -0.2) is 4.98 Å². The molecule has 0 saturated heterocycles. The molecule has 21 heavy (non-hydrogen) atoms. The Morgan fingerprint density at radius 2 is 2.00 bits per heavy atom. The summed E-state index contributed by atoms with van der Waals surface area (Å²) < 4.78 is 5.73. The Labute approximate surface area is 125 Å². The van der Waals surface area contributed by atoms with Crippen LogP contribution in [0.15, 0.2) is 34.7 Å². The topological polar surface area (TPSA) is 55.1 Å². The Bertz CT molecular complexity index is 576. The Hall–Kier alpha value is -2.10. The lowest BCUT2D eigenvalue weighted by atomic mass is 10.2. The number of aryl methyl sites for hydroxylation is 1. The fraction of sp³-hybridized carbons (Fsp3) is 0.412. The highest BCUT2D eigenvalue weighted by molar-refractivity contribution is 5.78. The summed E-state index contributed by atoms with van der Waals surface area (Å²) in [6.07, 6.45) is 3.56. The van der Waals surface area contributed by atoms with E-state index in [1.165, 1.54) is 0 Å². The zero-order chi connectivity index (χ0) is 15.1. The van der Waals surface area contributed by atoms with E-state index in [1.54, 1.807) is 0 Å². The first-order valence-electron chi connectivity index (χ1n) is 7.49. The first-order valence-corrected chi connectivity index (χ1v) is 7.49. The summed E-state index contributed by atoms with van der Waals surface area (Å²) >= 11 is 0. The predicted molar refractivity (Wildman–Crippen MR) is 82.9 cm³/mol. The lowest BCUT2D eigenvalue weighted by Crippen LogP contribution is -2.26. The number of oxazole rings is 1. The molecule has 0 spiro atoms. The van der Waals surface area contributed by atoms with E-state index in [9.17, 15) is 4.79 Å². The summed E-state index contributed by atoms with van der Waals surface area (Å²) in [7, 11) is 0. The standard InChI is InChI=1S/C17H22N2O2/c1-3-4-8-11-18-16(20)12-15-13(2)19-17(21-15)14-9-6-5-7-10-14/h5-7,9-10H,3-4,8,11-12H2,1-2H3,(H,18,20). The summed E-state index contributed by atoms with van der Waals surface area (Å²) in [4.78, 5) is 16.3. The second-order valence-corrected chi connectivity index (χ2v) is 5.13. The van der Waals surface area contributed by atoms with Gasteiger partial charge in [-0.1, -0.05) is 38.0 Å². The zero-order valence-corrected chi connectivity index (χ0v) is 12.7. The molecule has 1 aromatic heterocycles. The van der Waals surface area contributed by atoms with Gasteiger partial charge in [0, 0.05) is 12.1 Å². The smallest absolute Gasteiger partial charge is 0.227 e.